The summed E-state index contributed by atoms with van der Waals surface area (Å²) < 4.78 is 23.7. The molecule has 1 N–H and O–H groups in total. The number of nitrogens with one attached hydrogen (secondary N) is 1. The summed E-state index contributed by atoms with van der Waals surface area (Å²) in [6.07, 6.45) is 5.97. The van der Waals surface area contributed by atoms with E-state index in [1.165, 1.54) is 6.26 Å². The van der Waals surface area contributed by atoms with Crippen LogP contribution in [0.15, 0.2) is 0 Å². The van der Waals surface area contributed by atoms with Crippen molar-refractivity contribution in [2.75, 3.05) is 26.9 Å². The van der Waals surface area contributed by atoms with Crippen molar-refractivity contribution in [2.45, 2.75) is 49.8 Å². The summed E-state index contributed by atoms with van der Waals surface area (Å²) in [4.78, 5) is 13.8. The van der Waals surface area contributed by atoms with Crippen LogP contribution in [-0.4, -0.2) is 57.4 Å². The van der Waals surface area contributed by atoms with Gasteiger partial charge in [-0.25, -0.2) is 8.42 Å². The van der Waals surface area contributed by atoms with Crippen molar-refractivity contribution in [3.05, 3.63) is 0 Å². The molecule has 0 radical (unpaired) electrons. The van der Waals surface area contributed by atoms with Crippen LogP contribution in [0.1, 0.15) is 38.5 Å². The summed E-state index contributed by atoms with van der Waals surface area (Å²) in [5.41, 5.74) is 0. The van der Waals surface area contributed by atoms with Crippen molar-refractivity contribution < 1.29 is 13.2 Å². The molecule has 5 nitrogen and oxygen atoms in total. The average molecular weight is 290 g/mol. The zero-order chi connectivity index (χ0) is 14.5. The van der Waals surface area contributed by atoms with E-state index in [-0.39, 0.29) is 17.2 Å². The normalized spacial score (nSPS) is 24.2. The molecule has 1 aliphatic rings. The molecule has 2 atom stereocenters. The molecule has 0 aromatic carbocycles. The summed E-state index contributed by atoms with van der Waals surface area (Å²) in [6, 6.07) is -0.147. The third-order valence-electron chi connectivity index (χ3n) is 3.93. The Morgan fingerprint density at radius 3 is 2.53 bits per heavy atom. The predicted octanol–water partition coefficient (Wildman–Crippen LogP) is 0.800. The van der Waals surface area contributed by atoms with Gasteiger partial charge in [-0.05, 0) is 32.9 Å². The molecule has 6 heteroatoms. The summed E-state index contributed by atoms with van der Waals surface area (Å²) in [7, 11) is 0.517. The largest absolute Gasteiger partial charge is 0.341 e. The third kappa shape index (κ3) is 4.76. The zero-order valence-corrected chi connectivity index (χ0v) is 13.0. The van der Waals surface area contributed by atoms with E-state index in [0.717, 1.165) is 32.2 Å². The molecule has 0 aromatic rings. The van der Waals surface area contributed by atoms with Gasteiger partial charge in [0.1, 0.15) is 0 Å². The molecule has 0 bridgehead atoms. The minimum atomic E-state index is -3.08. The molecule has 1 aliphatic carbocycles. The van der Waals surface area contributed by atoms with Gasteiger partial charge in [-0.1, -0.05) is 12.8 Å². The number of carbonyl (C=O) groups excluding carboxylic acids is 1. The second kappa shape index (κ2) is 7.24. The van der Waals surface area contributed by atoms with E-state index >= 15 is 0 Å². The molecule has 0 spiro atoms. The van der Waals surface area contributed by atoms with Crippen LogP contribution >= 0.6 is 0 Å². The molecule has 2 unspecified atom stereocenters. The van der Waals surface area contributed by atoms with Crippen molar-refractivity contribution in [3.63, 3.8) is 0 Å². The molecule has 1 fully saturated rings. The van der Waals surface area contributed by atoms with Gasteiger partial charge in [0.25, 0.3) is 0 Å². The maximum absolute atomic E-state index is 12.1. The lowest BCUT2D eigenvalue weighted by Crippen LogP contribution is -2.49. The summed E-state index contributed by atoms with van der Waals surface area (Å²) >= 11 is 0. The minimum absolute atomic E-state index is 0.0517. The van der Waals surface area contributed by atoms with Gasteiger partial charge < -0.3 is 10.2 Å². The fourth-order valence-corrected chi connectivity index (χ4v) is 4.28. The number of nitrogens with zero attached hydrogens (tertiary/aromatic N) is 1. The Kier molecular flexibility index (Phi) is 6.26. The lowest BCUT2D eigenvalue weighted by atomic mass is 9.93. The third-order valence-corrected chi connectivity index (χ3v) is 5.58. The lowest BCUT2D eigenvalue weighted by Gasteiger charge is -2.37. The fraction of sp³-hybridized carbons (Fsp3) is 0.923. The quantitative estimate of drug-likeness (QED) is 0.735. The second-order valence-corrected chi connectivity index (χ2v) is 7.70. The fourth-order valence-electron chi connectivity index (χ4n) is 2.80. The number of sulfone groups is 1. The van der Waals surface area contributed by atoms with Gasteiger partial charge in [0, 0.05) is 25.8 Å². The Bertz CT molecular complexity index is 395. The van der Waals surface area contributed by atoms with Crippen molar-refractivity contribution in [2.24, 2.45) is 0 Å². The number of hydrogen-bond acceptors (Lipinski definition) is 4. The maximum atomic E-state index is 12.1. The molecule has 1 rings (SSSR count). The van der Waals surface area contributed by atoms with E-state index in [1.54, 1.807) is 11.9 Å². The highest BCUT2D eigenvalue weighted by Crippen LogP contribution is 2.27. The first-order valence-electron chi connectivity index (χ1n) is 6.97. The first-order valence-corrected chi connectivity index (χ1v) is 8.92. The molecule has 19 heavy (non-hydrogen) atoms. The van der Waals surface area contributed by atoms with Crippen LogP contribution < -0.4 is 5.32 Å². The van der Waals surface area contributed by atoms with Crippen LogP contribution in [0.2, 0.25) is 0 Å². The highest BCUT2D eigenvalue weighted by Gasteiger charge is 2.36. The first-order chi connectivity index (χ1) is 8.88. The number of carbonyl (C=O) groups is 1. The molecule has 0 aromatic heterocycles. The van der Waals surface area contributed by atoms with Crippen molar-refractivity contribution in [1.82, 2.24) is 10.2 Å². The van der Waals surface area contributed by atoms with Crippen LogP contribution in [0.4, 0.5) is 0 Å². The Balaban J connectivity index is 2.66. The summed E-state index contributed by atoms with van der Waals surface area (Å²) in [5.74, 6) is 0.0517. The van der Waals surface area contributed by atoms with Gasteiger partial charge >= 0.3 is 0 Å². The van der Waals surface area contributed by atoms with E-state index in [9.17, 15) is 13.2 Å². The molecular weight excluding hydrogens is 264 g/mol. The van der Waals surface area contributed by atoms with Gasteiger partial charge in [-0.3, -0.25) is 4.79 Å². The first kappa shape index (κ1) is 16.4. The van der Waals surface area contributed by atoms with Crippen molar-refractivity contribution >= 4 is 15.7 Å². The van der Waals surface area contributed by atoms with E-state index in [2.05, 4.69) is 5.32 Å². The highest BCUT2D eigenvalue weighted by atomic mass is 32.2. The maximum Gasteiger partial charge on any atom is 0.222 e. The Morgan fingerprint density at radius 2 is 1.95 bits per heavy atom. The number of hydrogen-bond donors (Lipinski definition) is 1. The molecule has 1 saturated carbocycles. The zero-order valence-electron chi connectivity index (χ0n) is 12.2. The van der Waals surface area contributed by atoms with Crippen LogP contribution in [0.3, 0.4) is 0 Å². The molecule has 1 amide bonds. The van der Waals surface area contributed by atoms with Gasteiger partial charge in [-0.2, -0.15) is 0 Å². The van der Waals surface area contributed by atoms with Crippen LogP contribution in [0, 0.1) is 0 Å². The van der Waals surface area contributed by atoms with E-state index in [4.69, 9.17) is 0 Å². The predicted molar refractivity (Wildman–Crippen MR) is 76.8 cm³/mol. The van der Waals surface area contributed by atoms with E-state index in [1.807, 2.05) is 7.05 Å². The van der Waals surface area contributed by atoms with Gasteiger partial charge in [-0.15, -0.1) is 0 Å². The van der Waals surface area contributed by atoms with E-state index < -0.39 is 9.84 Å². The highest BCUT2D eigenvalue weighted by molar-refractivity contribution is 7.91. The molecule has 0 heterocycles. The Morgan fingerprint density at radius 1 is 1.32 bits per heavy atom. The second-order valence-electron chi connectivity index (χ2n) is 5.43. The molecule has 0 saturated heterocycles. The SMILES string of the molecule is CNCCCC(=O)N(C)C1CCCCC1S(C)(=O)=O. The Hall–Kier alpha value is -0.620. The van der Waals surface area contributed by atoms with E-state index in [0.29, 0.717) is 12.8 Å². The summed E-state index contributed by atoms with van der Waals surface area (Å²) in [6.45, 7) is 0.805. The number of rotatable bonds is 6. The van der Waals surface area contributed by atoms with Gasteiger partial charge in [0.15, 0.2) is 9.84 Å². The van der Waals surface area contributed by atoms with Crippen LogP contribution in [0.25, 0.3) is 0 Å². The lowest BCUT2D eigenvalue weighted by molar-refractivity contribution is -0.132. The van der Waals surface area contributed by atoms with Crippen molar-refractivity contribution in [1.29, 1.82) is 0 Å². The molecule has 112 valence electrons. The monoisotopic (exact) mass is 290 g/mol. The number of amides is 1. The molecule has 0 aliphatic heterocycles. The van der Waals surface area contributed by atoms with Gasteiger partial charge in [0.2, 0.25) is 5.91 Å². The molecular formula is C13H26N2O3S. The topological polar surface area (TPSA) is 66.5 Å². The minimum Gasteiger partial charge on any atom is -0.341 e. The average Bonchev–Trinajstić information content (AvgIpc) is 2.37. The summed E-state index contributed by atoms with van der Waals surface area (Å²) in [5, 5.41) is 2.62. The smallest absolute Gasteiger partial charge is 0.222 e. The standard InChI is InChI=1S/C13H26N2O3S/c1-14-10-6-9-13(16)15(2)11-7-4-5-8-12(11)19(3,17)18/h11-12,14H,4-10H2,1-3H3. The van der Waals surface area contributed by atoms with Crippen LogP contribution in [0.5, 0.6) is 0 Å². The Labute approximate surface area is 116 Å². The van der Waals surface area contributed by atoms with Crippen molar-refractivity contribution in [3.8, 4) is 0 Å². The van der Waals surface area contributed by atoms with Crippen LogP contribution in [-0.2, 0) is 14.6 Å². The van der Waals surface area contributed by atoms with Gasteiger partial charge in [0.05, 0.1) is 5.25 Å².